The van der Waals surface area contributed by atoms with Gasteiger partial charge in [-0.3, -0.25) is 9.59 Å². The molecule has 0 saturated carbocycles. The molecule has 0 aliphatic heterocycles. The van der Waals surface area contributed by atoms with E-state index in [9.17, 15) is 27.6 Å². The SMILES string of the molecule is CC[C@@H](C=O)[C@H](C(C(=O)OCc1ccccc1)C(=O)OCc1ccccc1)C(F)(F)F. The van der Waals surface area contributed by atoms with Crippen molar-refractivity contribution in [2.75, 3.05) is 0 Å². The van der Waals surface area contributed by atoms with Crippen molar-refractivity contribution in [2.45, 2.75) is 32.7 Å². The van der Waals surface area contributed by atoms with E-state index in [4.69, 9.17) is 9.47 Å². The van der Waals surface area contributed by atoms with E-state index in [1.54, 1.807) is 60.7 Å². The summed E-state index contributed by atoms with van der Waals surface area (Å²) in [6.45, 7) is 0.745. The van der Waals surface area contributed by atoms with Gasteiger partial charge >= 0.3 is 18.1 Å². The van der Waals surface area contributed by atoms with Crippen molar-refractivity contribution in [2.24, 2.45) is 17.8 Å². The summed E-state index contributed by atoms with van der Waals surface area (Å²) in [6.07, 6.45) is -5.09. The van der Waals surface area contributed by atoms with Crippen LogP contribution >= 0.6 is 0 Å². The van der Waals surface area contributed by atoms with Crippen molar-refractivity contribution in [3.05, 3.63) is 71.8 Å². The third kappa shape index (κ3) is 6.94. The molecule has 166 valence electrons. The van der Waals surface area contributed by atoms with Gasteiger partial charge in [0.05, 0.1) is 5.92 Å². The van der Waals surface area contributed by atoms with Crippen molar-refractivity contribution >= 4 is 18.2 Å². The van der Waals surface area contributed by atoms with Crippen LogP contribution in [0.4, 0.5) is 13.2 Å². The van der Waals surface area contributed by atoms with E-state index in [-0.39, 0.29) is 25.9 Å². The molecule has 0 aliphatic carbocycles. The third-order valence-corrected chi connectivity index (χ3v) is 4.80. The molecule has 0 heterocycles. The second-order valence-electron chi connectivity index (χ2n) is 6.94. The largest absolute Gasteiger partial charge is 0.460 e. The van der Waals surface area contributed by atoms with E-state index >= 15 is 0 Å². The topological polar surface area (TPSA) is 69.7 Å². The fourth-order valence-electron chi connectivity index (χ4n) is 3.14. The highest BCUT2D eigenvalue weighted by molar-refractivity contribution is 5.95. The maximum Gasteiger partial charge on any atom is 0.393 e. The average molecular weight is 436 g/mol. The predicted molar refractivity (Wildman–Crippen MR) is 105 cm³/mol. The number of carbonyl (C=O) groups excluding carboxylic acids is 3. The van der Waals surface area contributed by atoms with Crippen LogP contribution in [0.5, 0.6) is 0 Å². The van der Waals surface area contributed by atoms with Crippen LogP contribution in [0.3, 0.4) is 0 Å². The molecule has 0 radical (unpaired) electrons. The van der Waals surface area contributed by atoms with Crippen molar-refractivity contribution < 1.29 is 37.0 Å². The highest BCUT2D eigenvalue weighted by atomic mass is 19.4. The number of esters is 2. The number of rotatable bonds is 10. The molecule has 0 amide bonds. The fourth-order valence-corrected chi connectivity index (χ4v) is 3.14. The van der Waals surface area contributed by atoms with Gasteiger partial charge in [-0.2, -0.15) is 13.2 Å². The van der Waals surface area contributed by atoms with E-state index in [2.05, 4.69) is 0 Å². The first-order valence-electron chi connectivity index (χ1n) is 9.71. The van der Waals surface area contributed by atoms with E-state index in [0.29, 0.717) is 11.1 Å². The summed E-state index contributed by atoms with van der Waals surface area (Å²) < 4.78 is 51.6. The summed E-state index contributed by atoms with van der Waals surface area (Å²) in [7, 11) is 0. The number of benzene rings is 2. The van der Waals surface area contributed by atoms with Crippen LogP contribution in [0.1, 0.15) is 24.5 Å². The number of hydrogen-bond donors (Lipinski definition) is 0. The van der Waals surface area contributed by atoms with Crippen LogP contribution in [0.25, 0.3) is 0 Å². The zero-order chi connectivity index (χ0) is 22.9. The Morgan fingerprint density at radius 3 is 1.61 bits per heavy atom. The molecule has 0 fully saturated rings. The molecule has 31 heavy (non-hydrogen) atoms. The molecule has 0 bridgehead atoms. The second kappa shape index (κ2) is 11.3. The molecule has 0 N–H and O–H groups in total. The first-order valence-corrected chi connectivity index (χ1v) is 9.71. The summed E-state index contributed by atoms with van der Waals surface area (Å²) in [5.74, 6) is -9.24. The number of alkyl halides is 3. The van der Waals surface area contributed by atoms with Crippen LogP contribution in [-0.4, -0.2) is 24.4 Å². The molecular formula is C23H23F3O5. The Morgan fingerprint density at radius 2 is 1.29 bits per heavy atom. The molecule has 0 saturated heterocycles. The van der Waals surface area contributed by atoms with E-state index in [1.165, 1.54) is 6.92 Å². The van der Waals surface area contributed by atoms with E-state index < -0.39 is 35.9 Å². The summed E-state index contributed by atoms with van der Waals surface area (Å²) in [5.41, 5.74) is 1.08. The Balaban J connectivity index is 2.28. The Labute approximate surface area is 178 Å². The smallest absolute Gasteiger partial charge is 0.393 e. The van der Waals surface area contributed by atoms with Gasteiger partial charge in [-0.1, -0.05) is 67.6 Å². The fraction of sp³-hybridized carbons (Fsp3) is 0.348. The standard InChI is InChI=1S/C23H23F3O5/c1-2-18(13-27)20(23(24,25)26)19(21(28)30-14-16-9-5-3-6-10-16)22(29)31-15-17-11-7-4-8-12-17/h3-13,18-20H,2,14-15H2,1H3/t18-,20+/m0/s1. The van der Waals surface area contributed by atoms with Gasteiger partial charge < -0.3 is 14.3 Å². The Bertz CT molecular complexity index is 797. The minimum atomic E-state index is -5.00. The first kappa shape index (κ1) is 24.1. The van der Waals surface area contributed by atoms with Gasteiger partial charge in [0.15, 0.2) is 5.92 Å². The van der Waals surface area contributed by atoms with Crippen LogP contribution in [0.15, 0.2) is 60.7 Å². The average Bonchev–Trinajstić information content (AvgIpc) is 2.77. The minimum absolute atomic E-state index is 0.111. The normalized spacial score (nSPS) is 13.3. The zero-order valence-electron chi connectivity index (χ0n) is 16.9. The van der Waals surface area contributed by atoms with Crippen molar-refractivity contribution in [3.8, 4) is 0 Å². The van der Waals surface area contributed by atoms with Crippen LogP contribution in [0.2, 0.25) is 0 Å². The summed E-state index contributed by atoms with van der Waals surface area (Å²) in [4.78, 5) is 36.6. The van der Waals surface area contributed by atoms with E-state index in [1.807, 2.05) is 0 Å². The Morgan fingerprint density at radius 1 is 0.871 bits per heavy atom. The Kier molecular flexibility index (Phi) is 8.78. The van der Waals surface area contributed by atoms with Gasteiger partial charge in [0.25, 0.3) is 0 Å². The lowest BCUT2D eigenvalue weighted by Gasteiger charge is -2.29. The molecule has 2 aromatic carbocycles. The second-order valence-corrected chi connectivity index (χ2v) is 6.94. The Hall–Kier alpha value is -3.16. The zero-order valence-corrected chi connectivity index (χ0v) is 16.9. The van der Waals surface area contributed by atoms with Gasteiger partial charge in [0, 0.05) is 5.92 Å². The molecule has 0 aliphatic rings. The van der Waals surface area contributed by atoms with Crippen LogP contribution in [-0.2, 0) is 37.1 Å². The number of halogens is 3. The number of hydrogen-bond acceptors (Lipinski definition) is 5. The quantitative estimate of drug-likeness (QED) is 0.312. The summed E-state index contributed by atoms with van der Waals surface area (Å²) >= 11 is 0. The van der Waals surface area contributed by atoms with Gasteiger partial charge in [-0.05, 0) is 17.5 Å². The maximum absolute atomic E-state index is 13.9. The number of aldehydes is 1. The first-order chi connectivity index (χ1) is 14.8. The van der Waals surface area contributed by atoms with Crippen molar-refractivity contribution in [1.82, 2.24) is 0 Å². The lowest BCUT2D eigenvalue weighted by Crippen LogP contribution is -2.45. The molecule has 2 atom stereocenters. The molecule has 8 heteroatoms. The van der Waals surface area contributed by atoms with Crippen molar-refractivity contribution in [1.29, 1.82) is 0 Å². The minimum Gasteiger partial charge on any atom is -0.460 e. The van der Waals surface area contributed by atoms with Crippen LogP contribution in [0, 0.1) is 17.8 Å². The third-order valence-electron chi connectivity index (χ3n) is 4.80. The van der Waals surface area contributed by atoms with Gasteiger partial charge in [0.2, 0.25) is 0 Å². The highest BCUT2D eigenvalue weighted by Crippen LogP contribution is 2.40. The van der Waals surface area contributed by atoms with Gasteiger partial charge in [0.1, 0.15) is 19.5 Å². The van der Waals surface area contributed by atoms with Gasteiger partial charge in [-0.25, -0.2) is 0 Å². The maximum atomic E-state index is 13.9. The summed E-state index contributed by atoms with van der Waals surface area (Å²) in [5, 5.41) is 0. The van der Waals surface area contributed by atoms with Gasteiger partial charge in [-0.15, -0.1) is 0 Å². The molecule has 5 nitrogen and oxygen atoms in total. The predicted octanol–water partition coefficient (Wildman–Crippen LogP) is 4.49. The number of ether oxygens (including phenoxy) is 2. The van der Waals surface area contributed by atoms with E-state index in [0.717, 1.165) is 0 Å². The number of carbonyl (C=O) groups is 3. The molecular weight excluding hydrogens is 413 g/mol. The molecule has 0 spiro atoms. The van der Waals surface area contributed by atoms with Crippen LogP contribution < -0.4 is 0 Å². The molecule has 0 unspecified atom stereocenters. The molecule has 2 aromatic rings. The molecule has 2 rings (SSSR count). The van der Waals surface area contributed by atoms with Crippen molar-refractivity contribution in [3.63, 3.8) is 0 Å². The lowest BCUT2D eigenvalue weighted by molar-refractivity contribution is -0.216. The lowest BCUT2D eigenvalue weighted by atomic mass is 9.80. The summed E-state index contributed by atoms with van der Waals surface area (Å²) in [6, 6.07) is 16.6. The highest BCUT2D eigenvalue weighted by Gasteiger charge is 2.55. The monoisotopic (exact) mass is 436 g/mol. The molecule has 0 aromatic heterocycles.